The minimum Gasteiger partial charge on any atom is -0.481 e. The highest BCUT2D eigenvalue weighted by Crippen LogP contribution is 2.46. The molecule has 42 heavy (non-hydrogen) atoms. The van der Waals surface area contributed by atoms with Crippen molar-refractivity contribution >= 4 is 40.9 Å². The Kier molecular flexibility index (Phi) is 8.84. The highest BCUT2D eigenvalue weighted by Gasteiger charge is 2.47. The molecule has 4 rings (SSSR count). The summed E-state index contributed by atoms with van der Waals surface area (Å²) in [6.07, 6.45) is -2.23. The van der Waals surface area contributed by atoms with E-state index in [9.17, 15) is 32.7 Å². The first-order valence-corrected chi connectivity index (χ1v) is 14.8. The average molecular weight is 631 g/mol. The van der Waals surface area contributed by atoms with Crippen LogP contribution >= 0.6 is 23.2 Å². The van der Waals surface area contributed by atoms with Crippen molar-refractivity contribution in [2.75, 3.05) is 6.54 Å². The van der Waals surface area contributed by atoms with E-state index in [0.29, 0.717) is 12.8 Å². The number of Topliss-reactive ketones (excluding diaryl/α,β-unsaturated/α-hetero) is 1. The minimum atomic E-state index is -4.91. The molecule has 0 aliphatic heterocycles. The van der Waals surface area contributed by atoms with Gasteiger partial charge >= 0.3 is 12.1 Å². The van der Waals surface area contributed by atoms with Gasteiger partial charge in [0.25, 0.3) is 5.91 Å². The monoisotopic (exact) mass is 629 g/mol. The third-order valence-corrected chi connectivity index (χ3v) is 9.63. The van der Waals surface area contributed by atoms with Gasteiger partial charge in [-0.2, -0.15) is 18.3 Å². The fourth-order valence-corrected chi connectivity index (χ4v) is 6.85. The summed E-state index contributed by atoms with van der Waals surface area (Å²) in [4.78, 5) is 40.3. The van der Waals surface area contributed by atoms with Gasteiger partial charge in [-0.3, -0.25) is 19.1 Å². The van der Waals surface area contributed by atoms with Crippen molar-refractivity contribution in [2.24, 2.45) is 16.7 Å². The van der Waals surface area contributed by atoms with Crippen molar-refractivity contribution in [3.63, 3.8) is 0 Å². The molecule has 12 heteroatoms. The van der Waals surface area contributed by atoms with Crippen LogP contribution in [0.5, 0.6) is 0 Å². The first-order valence-electron chi connectivity index (χ1n) is 14.0. The second-order valence-corrected chi connectivity index (χ2v) is 13.9. The zero-order chi connectivity index (χ0) is 31.4. The number of hydrogen-bond donors (Lipinski definition) is 1. The van der Waals surface area contributed by atoms with E-state index in [-0.39, 0.29) is 52.6 Å². The number of ketones is 1. The molecular formula is C30H36Cl2F3N3O4. The molecule has 1 amide bonds. The van der Waals surface area contributed by atoms with E-state index >= 15 is 0 Å². The fourth-order valence-electron chi connectivity index (χ4n) is 6.05. The normalized spacial score (nSPS) is 24.7. The van der Waals surface area contributed by atoms with Crippen molar-refractivity contribution in [2.45, 2.75) is 91.4 Å². The van der Waals surface area contributed by atoms with E-state index in [1.165, 1.54) is 4.90 Å². The lowest BCUT2D eigenvalue weighted by Gasteiger charge is -2.48. The highest BCUT2D eigenvalue weighted by atomic mass is 35.5. The second kappa shape index (κ2) is 11.5. The van der Waals surface area contributed by atoms with Crippen LogP contribution in [0.2, 0.25) is 10.0 Å². The number of alkyl halides is 3. The third-order valence-electron chi connectivity index (χ3n) is 9.03. The maximum absolute atomic E-state index is 14.6. The summed E-state index contributed by atoms with van der Waals surface area (Å²) in [7, 11) is 0. The van der Waals surface area contributed by atoms with Gasteiger partial charge in [0.15, 0.2) is 11.5 Å². The molecular weight excluding hydrogens is 594 g/mol. The number of carbonyl (C=O) groups is 3. The van der Waals surface area contributed by atoms with Crippen LogP contribution < -0.4 is 0 Å². The SMILES string of the molecule is Cc1cc(Cl)c(C(=O)CN(C(=O)c2cnn(C3CCC(C)(C(=O)O)CC3)c2C(F)(F)F)C2CC(C(C)(C)C)C2)c(Cl)c1. The Morgan fingerprint density at radius 3 is 2.12 bits per heavy atom. The van der Waals surface area contributed by atoms with Gasteiger partial charge in [0, 0.05) is 6.04 Å². The lowest BCUT2D eigenvalue weighted by molar-refractivity contribution is -0.152. The lowest BCUT2D eigenvalue weighted by atomic mass is 9.65. The van der Waals surface area contributed by atoms with Crippen molar-refractivity contribution < 1.29 is 32.7 Å². The number of halogens is 5. The smallest absolute Gasteiger partial charge is 0.433 e. The van der Waals surface area contributed by atoms with Gasteiger partial charge in [0.2, 0.25) is 0 Å². The molecule has 1 aromatic heterocycles. The Morgan fingerprint density at radius 1 is 1.10 bits per heavy atom. The van der Waals surface area contributed by atoms with E-state index in [1.807, 2.05) is 0 Å². The van der Waals surface area contributed by atoms with E-state index in [2.05, 4.69) is 25.9 Å². The summed E-state index contributed by atoms with van der Waals surface area (Å²) in [5.74, 6) is -2.28. The molecule has 2 fully saturated rings. The Hall–Kier alpha value is -2.59. The van der Waals surface area contributed by atoms with Crippen LogP contribution in [-0.2, 0) is 11.0 Å². The van der Waals surface area contributed by atoms with E-state index in [1.54, 1.807) is 26.0 Å². The zero-order valence-electron chi connectivity index (χ0n) is 24.3. The van der Waals surface area contributed by atoms with Crippen molar-refractivity contribution in [1.29, 1.82) is 0 Å². The van der Waals surface area contributed by atoms with Crippen LogP contribution in [0.1, 0.15) is 104 Å². The summed E-state index contributed by atoms with van der Waals surface area (Å²) in [6.45, 7) is 9.02. The Morgan fingerprint density at radius 2 is 1.64 bits per heavy atom. The number of benzene rings is 1. The lowest BCUT2D eigenvalue weighted by Crippen LogP contribution is -2.52. The molecule has 0 bridgehead atoms. The predicted molar refractivity (Wildman–Crippen MR) is 153 cm³/mol. The molecule has 1 N–H and O–H groups in total. The number of aryl methyl sites for hydroxylation is 1. The van der Waals surface area contributed by atoms with Crippen LogP contribution in [-0.4, -0.2) is 50.0 Å². The number of carboxylic acids is 1. The molecule has 2 aliphatic carbocycles. The Balaban J connectivity index is 1.69. The molecule has 0 saturated heterocycles. The minimum absolute atomic E-state index is 0.0175. The Labute approximate surface area is 253 Å². The van der Waals surface area contributed by atoms with Gasteiger partial charge in [-0.25, -0.2) is 0 Å². The molecule has 2 aromatic rings. The number of rotatable bonds is 7. The molecule has 1 heterocycles. The van der Waals surface area contributed by atoms with Crippen molar-refractivity contribution in [3.8, 4) is 0 Å². The molecule has 1 aromatic carbocycles. The average Bonchev–Trinajstić information content (AvgIpc) is 3.27. The molecule has 2 aliphatic rings. The number of amides is 1. The standard InChI is InChI=1S/C30H36Cl2F3N3O4/c1-16-10-21(31)24(22(32)11-16)23(39)15-37(19-12-17(13-19)28(2,3)4)26(40)20-14-36-38(25(20)30(33,34)35)18-6-8-29(5,9-7-18)27(41)42/h10-11,14,17-19H,6-9,12-13,15H2,1-5H3,(H,41,42). The first-order chi connectivity index (χ1) is 19.3. The van der Waals surface area contributed by atoms with Crippen LogP contribution in [0.15, 0.2) is 18.3 Å². The topological polar surface area (TPSA) is 92.5 Å². The number of hydrogen-bond acceptors (Lipinski definition) is 4. The summed E-state index contributed by atoms with van der Waals surface area (Å²) in [6, 6.07) is 1.96. The van der Waals surface area contributed by atoms with E-state index in [0.717, 1.165) is 16.4 Å². The predicted octanol–water partition coefficient (Wildman–Crippen LogP) is 7.87. The highest BCUT2D eigenvalue weighted by molar-refractivity contribution is 6.40. The number of aromatic nitrogens is 2. The van der Waals surface area contributed by atoms with Gasteiger partial charge < -0.3 is 10.0 Å². The maximum atomic E-state index is 14.6. The second-order valence-electron chi connectivity index (χ2n) is 13.1. The van der Waals surface area contributed by atoms with Gasteiger partial charge in [0.1, 0.15) is 0 Å². The van der Waals surface area contributed by atoms with Gasteiger partial charge in [-0.15, -0.1) is 0 Å². The molecule has 0 atom stereocenters. The van der Waals surface area contributed by atoms with Crippen LogP contribution in [0, 0.1) is 23.7 Å². The van der Waals surface area contributed by atoms with Crippen molar-refractivity contribution in [3.05, 3.63) is 50.8 Å². The van der Waals surface area contributed by atoms with E-state index < -0.39 is 59.1 Å². The van der Waals surface area contributed by atoms with Crippen molar-refractivity contribution in [1.82, 2.24) is 14.7 Å². The summed E-state index contributed by atoms with van der Waals surface area (Å²) in [5.41, 5.74) is -2.18. The van der Waals surface area contributed by atoms with Crippen LogP contribution in [0.3, 0.4) is 0 Å². The first kappa shape index (κ1) is 32.3. The fraction of sp³-hybridized carbons (Fsp3) is 0.600. The number of nitrogens with zero attached hydrogens (tertiary/aromatic N) is 3. The molecule has 230 valence electrons. The number of aliphatic carboxylic acids is 1. The molecule has 0 radical (unpaired) electrons. The van der Waals surface area contributed by atoms with Crippen LogP contribution in [0.4, 0.5) is 13.2 Å². The number of carboxylic acid groups (broad SMARTS) is 1. The summed E-state index contributed by atoms with van der Waals surface area (Å²) in [5, 5.41) is 13.8. The van der Waals surface area contributed by atoms with E-state index in [4.69, 9.17) is 23.2 Å². The third kappa shape index (κ3) is 6.34. The number of carbonyl (C=O) groups excluding carboxylic acids is 2. The van der Waals surface area contributed by atoms with Gasteiger partial charge in [-0.05, 0) is 81.4 Å². The summed E-state index contributed by atoms with van der Waals surface area (Å²) >= 11 is 12.7. The quantitative estimate of drug-likeness (QED) is 0.315. The molecule has 0 spiro atoms. The molecule has 7 nitrogen and oxygen atoms in total. The molecule has 2 saturated carbocycles. The zero-order valence-corrected chi connectivity index (χ0v) is 25.8. The maximum Gasteiger partial charge on any atom is 0.433 e. The molecule has 0 unspecified atom stereocenters. The van der Waals surface area contributed by atoms with Gasteiger partial charge in [-0.1, -0.05) is 44.0 Å². The Bertz CT molecular complexity index is 1360. The summed E-state index contributed by atoms with van der Waals surface area (Å²) < 4.78 is 44.5. The van der Waals surface area contributed by atoms with Gasteiger partial charge in [0.05, 0.1) is 45.4 Å². The largest absolute Gasteiger partial charge is 0.481 e. The van der Waals surface area contributed by atoms with Crippen LogP contribution in [0.25, 0.3) is 0 Å².